The Morgan fingerprint density at radius 2 is 1.67 bits per heavy atom. The van der Waals surface area contributed by atoms with Crippen LogP contribution in [0, 0.1) is 6.92 Å². The van der Waals surface area contributed by atoms with E-state index in [1.807, 2.05) is 25.1 Å². The van der Waals surface area contributed by atoms with Crippen LogP contribution in [0.4, 0.5) is 5.69 Å². The maximum Gasteiger partial charge on any atom is 0.246 e. The fraction of sp³-hybridized carbons (Fsp3) is 0.409. The average molecular weight is 433 g/mol. The predicted molar refractivity (Wildman–Crippen MR) is 116 cm³/mol. The van der Waals surface area contributed by atoms with Crippen molar-refractivity contribution in [3.05, 3.63) is 47.5 Å². The van der Waals surface area contributed by atoms with E-state index in [0.29, 0.717) is 18.8 Å². The zero-order chi connectivity index (χ0) is 21.7. The van der Waals surface area contributed by atoms with Gasteiger partial charge in [-0.25, -0.2) is 8.42 Å². The number of carbonyl (C=O) groups is 1. The average Bonchev–Trinajstić information content (AvgIpc) is 2.74. The van der Waals surface area contributed by atoms with E-state index in [2.05, 4.69) is 5.32 Å². The molecular formula is C22H28N2O5S. The van der Waals surface area contributed by atoms with Crippen LogP contribution in [0.1, 0.15) is 30.4 Å². The number of sulfonamides is 1. The van der Waals surface area contributed by atoms with Gasteiger partial charge in [-0.15, -0.1) is 0 Å². The molecule has 1 N–H and O–H groups in total. The number of ether oxygens (including phenoxy) is 2. The minimum atomic E-state index is -3.69. The van der Waals surface area contributed by atoms with Gasteiger partial charge >= 0.3 is 0 Å². The number of nitrogens with one attached hydrogen (secondary N) is 1. The Bertz CT molecular complexity index is 1010. The summed E-state index contributed by atoms with van der Waals surface area (Å²) in [6, 6.07) is 10.3. The summed E-state index contributed by atoms with van der Waals surface area (Å²) in [7, 11) is -0.648. The van der Waals surface area contributed by atoms with Crippen molar-refractivity contribution in [1.82, 2.24) is 4.31 Å². The zero-order valence-corrected chi connectivity index (χ0v) is 18.4. The van der Waals surface area contributed by atoms with Crippen LogP contribution >= 0.6 is 0 Å². The Kier molecular flexibility index (Phi) is 6.99. The second kappa shape index (κ2) is 9.49. The molecule has 0 atom stereocenters. The van der Waals surface area contributed by atoms with Crippen molar-refractivity contribution >= 4 is 21.6 Å². The van der Waals surface area contributed by atoms with Gasteiger partial charge in [-0.1, -0.05) is 18.6 Å². The molecule has 1 saturated heterocycles. The standard InChI is InChI=1S/C22H28N2O5S/c1-16-13-17(7-9-19(16)28-2)14-22(25)23-18-8-10-20(29-3)21(15-18)30(26,27)24-11-5-4-6-12-24/h7-10,13,15H,4-6,11-12,14H2,1-3H3,(H,23,25). The van der Waals surface area contributed by atoms with Crippen LogP contribution in [0.2, 0.25) is 0 Å². The number of carbonyl (C=O) groups excluding carboxylic acids is 1. The molecule has 1 aliphatic rings. The largest absolute Gasteiger partial charge is 0.496 e. The first-order valence-electron chi connectivity index (χ1n) is 9.96. The molecule has 0 radical (unpaired) electrons. The fourth-order valence-corrected chi connectivity index (χ4v) is 5.34. The van der Waals surface area contributed by atoms with Gasteiger partial charge in [0.15, 0.2) is 0 Å². The molecule has 30 heavy (non-hydrogen) atoms. The SMILES string of the molecule is COc1ccc(CC(=O)Nc2ccc(OC)c(S(=O)(=O)N3CCCCC3)c2)cc1C. The van der Waals surface area contributed by atoms with E-state index in [9.17, 15) is 13.2 Å². The lowest BCUT2D eigenvalue weighted by atomic mass is 10.1. The van der Waals surface area contributed by atoms with Crippen LogP contribution in [-0.2, 0) is 21.2 Å². The molecule has 162 valence electrons. The summed E-state index contributed by atoms with van der Waals surface area (Å²) in [6.45, 7) is 2.92. The smallest absolute Gasteiger partial charge is 0.246 e. The molecule has 1 aliphatic heterocycles. The van der Waals surface area contributed by atoms with Gasteiger partial charge in [-0.05, 0) is 55.2 Å². The van der Waals surface area contributed by atoms with Crippen LogP contribution in [0.25, 0.3) is 0 Å². The van der Waals surface area contributed by atoms with Crippen LogP contribution in [0.15, 0.2) is 41.3 Å². The number of amides is 1. The van der Waals surface area contributed by atoms with E-state index in [-0.39, 0.29) is 23.0 Å². The van der Waals surface area contributed by atoms with Gasteiger partial charge < -0.3 is 14.8 Å². The van der Waals surface area contributed by atoms with Gasteiger partial charge in [0.25, 0.3) is 0 Å². The zero-order valence-electron chi connectivity index (χ0n) is 17.6. The first-order chi connectivity index (χ1) is 14.3. The van der Waals surface area contributed by atoms with Gasteiger partial charge in [0.05, 0.1) is 20.6 Å². The highest BCUT2D eigenvalue weighted by atomic mass is 32.2. The molecule has 0 spiro atoms. The molecule has 0 bridgehead atoms. The van der Waals surface area contributed by atoms with E-state index in [1.165, 1.54) is 17.5 Å². The van der Waals surface area contributed by atoms with E-state index < -0.39 is 10.0 Å². The molecule has 0 unspecified atom stereocenters. The van der Waals surface area contributed by atoms with E-state index in [4.69, 9.17) is 9.47 Å². The van der Waals surface area contributed by atoms with Crippen molar-refractivity contribution in [2.45, 2.75) is 37.5 Å². The number of hydrogen-bond donors (Lipinski definition) is 1. The molecule has 0 aliphatic carbocycles. The summed E-state index contributed by atoms with van der Waals surface area (Å²) in [5.41, 5.74) is 2.21. The Labute approximate surface area is 178 Å². The summed E-state index contributed by atoms with van der Waals surface area (Å²) in [5, 5.41) is 2.80. The minimum Gasteiger partial charge on any atom is -0.496 e. The highest BCUT2D eigenvalue weighted by Crippen LogP contribution is 2.31. The number of anilines is 1. The summed E-state index contributed by atoms with van der Waals surface area (Å²) >= 11 is 0. The highest BCUT2D eigenvalue weighted by molar-refractivity contribution is 7.89. The Morgan fingerprint density at radius 1 is 1.00 bits per heavy atom. The maximum atomic E-state index is 13.1. The number of nitrogens with zero attached hydrogens (tertiary/aromatic N) is 1. The topological polar surface area (TPSA) is 84.9 Å². The van der Waals surface area contributed by atoms with Crippen molar-refractivity contribution in [2.24, 2.45) is 0 Å². The normalized spacial score (nSPS) is 14.9. The van der Waals surface area contributed by atoms with Crippen LogP contribution in [0.5, 0.6) is 11.5 Å². The number of benzene rings is 2. The Morgan fingerprint density at radius 3 is 2.30 bits per heavy atom. The molecular weight excluding hydrogens is 404 g/mol. The fourth-order valence-electron chi connectivity index (χ4n) is 3.64. The van der Waals surface area contributed by atoms with Gasteiger partial charge in [-0.3, -0.25) is 4.79 Å². The van der Waals surface area contributed by atoms with Gasteiger partial charge in [-0.2, -0.15) is 4.31 Å². The van der Waals surface area contributed by atoms with Gasteiger partial charge in [0.2, 0.25) is 15.9 Å². The predicted octanol–water partition coefficient (Wildman–Crippen LogP) is 3.37. The molecule has 0 aromatic heterocycles. The molecule has 3 rings (SSSR count). The van der Waals surface area contributed by atoms with Crippen molar-refractivity contribution in [3.63, 3.8) is 0 Å². The van der Waals surface area contributed by atoms with Crippen molar-refractivity contribution in [2.75, 3.05) is 32.6 Å². The van der Waals surface area contributed by atoms with Crippen molar-refractivity contribution in [3.8, 4) is 11.5 Å². The quantitative estimate of drug-likeness (QED) is 0.725. The van der Waals surface area contributed by atoms with Gasteiger partial charge in [0.1, 0.15) is 16.4 Å². The molecule has 1 heterocycles. The number of aryl methyl sites for hydroxylation is 1. The summed E-state index contributed by atoms with van der Waals surface area (Å²) in [4.78, 5) is 12.6. The van der Waals surface area contributed by atoms with Crippen molar-refractivity contribution in [1.29, 1.82) is 0 Å². The lowest BCUT2D eigenvalue weighted by Gasteiger charge is -2.26. The first-order valence-corrected chi connectivity index (χ1v) is 11.4. The van der Waals surface area contributed by atoms with Crippen molar-refractivity contribution < 1.29 is 22.7 Å². The van der Waals surface area contributed by atoms with Crippen LogP contribution in [0.3, 0.4) is 0 Å². The molecule has 1 amide bonds. The number of rotatable bonds is 7. The third-order valence-corrected chi connectivity index (χ3v) is 7.12. The lowest BCUT2D eigenvalue weighted by Crippen LogP contribution is -2.35. The van der Waals surface area contributed by atoms with Crippen LogP contribution in [-0.4, -0.2) is 45.9 Å². The molecule has 8 heteroatoms. The Balaban J connectivity index is 1.79. The number of hydrogen-bond acceptors (Lipinski definition) is 5. The monoisotopic (exact) mass is 432 g/mol. The number of methoxy groups -OCH3 is 2. The molecule has 1 fully saturated rings. The minimum absolute atomic E-state index is 0.0741. The number of piperidine rings is 1. The van der Waals surface area contributed by atoms with E-state index in [1.54, 1.807) is 19.2 Å². The summed E-state index contributed by atoms with van der Waals surface area (Å²) < 4.78 is 38.2. The third-order valence-electron chi connectivity index (χ3n) is 5.20. The van der Waals surface area contributed by atoms with Crippen LogP contribution < -0.4 is 14.8 Å². The molecule has 2 aromatic carbocycles. The molecule has 2 aromatic rings. The third kappa shape index (κ3) is 4.94. The van der Waals surface area contributed by atoms with Gasteiger partial charge in [0, 0.05) is 18.8 Å². The summed E-state index contributed by atoms with van der Waals surface area (Å²) in [5.74, 6) is 0.803. The lowest BCUT2D eigenvalue weighted by molar-refractivity contribution is -0.115. The first kappa shape index (κ1) is 22.1. The maximum absolute atomic E-state index is 13.1. The van der Waals surface area contributed by atoms with E-state index >= 15 is 0 Å². The van der Waals surface area contributed by atoms with E-state index in [0.717, 1.165) is 36.1 Å². The Hall–Kier alpha value is -2.58. The summed E-state index contributed by atoms with van der Waals surface area (Å²) in [6.07, 6.45) is 2.90. The second-order valence-corrected chi connectivity index (χ2v) is 9.27. The highest BCUT2D eigenvalue weighted by Gasteiger charge is 2.29. The second-order valence-electron chi connectivity index (χ2n) is 7.36. The molecule has 7 nitrogen and oxygen atoms in total. The molecule has 0 saturated carbocycles.